The molecule has 1 aromatic carbocycles. The number of pyridine rings is 1. The van der Waals surface area contributed by atoms with Gasteiger partial charge in [-0.15, -0.1) is 0 Å². The third kappa shape index (κ3) is 3.06. The number of fused-ring (bicyclic) bond motifs is 1. The van der Waals surface area contributed by atoms with Crippen LogP contribution in [0.3, 0.4) is 0 Å². The lowest BCUT2D eigenvalue weighted by atomic mass is 10.1. The van der Waals surface area contributed by atoms with Crippen molar-refractivity contribution in [3.05, 3.63) is 58.9 Å². The van der Waals surface area contributed by atoms with E-state index in [2.05, 4.69) is 10.3 Å². The number of nitrogens with zero attached hydrogens (tertiary/aromatic N) is 1. The van der Waals surface area contributed by atoms with E-state index in [4.69, 9.17) is 16.0 Å². The van der Waals surface area contributed by atoms with Gasteiger partial charge in [0, 0.05) is 17.1 Å². The summed E-state index contributed by atoms with van der Waals surface area (Å²) in [5, 5.41) is 4.23. The van der Waals surface area contributed by atoms with Crippen molar-refractivity contribution in [1.29, 1.82) is 0 Å². The van der Waals surface area contributed by atoms with E-state index < -0.39 is 0 Å². The van der Waals surface area contributed by atoms with Gasteiger partial charge in [-0.3, -0.25) is 4.79 Å². The molecule has 0 atom stereocenters. The van der Waals surface area contributed by atoms with Gasteiger partial charge in [-0.25, -0.2) is 4.98 Å². The van der Waals surface area contributed by atoms with E-state index in [1.54, 1.807) is 18.4 Å². The van der Waals surface area contributed by atoms with Crippen LogP contribution in [0.4, 0.5) is 5.82 Å². The number of rotatable bonds is 3. The molecule has 2 heterocycles. The number of anilines is 1. The highest BCUT2D eigenvalue weighted by molar-refractivity contribution is 6.30. The van der Waals surface area contributed by atoms with Crippen LogP contribution in [0.15, 0.2) is 47.2 Å². The maximum Gasteiger partial charge on any atom is 0.230 e. The lowest BCUT2D eigenvalue weighted by molar-refractivity contribution is -0.115. The summed E-state index contributed by atoms with van der Waals surface area (Å²) in [5.41, 5.74) is 2.78. The van der Waals surface area contributed by atoms with Gasteiger partial charge in [-0.2, -0.15) is 0 Å². The Morgan fingerprint density at radius 1 is 1.33 bits per heavy atom. The third-order valence-electron chi connectivity index (χ3n) is 3.16. The average molecular weight is 301 g/mol. The highest BCUT2D eigenvalue weighted by atomic mass is 35.5. The molecule has 5 heteroatoms. The van der Waals surface area contributed by atoms with Crippen LogP contribution in [0.25, 0.3) is 11.0 Å². The molecule has 0 aliphatic carbocycles. The maximum atomic E-state index is 12.1. The van der Waals surface area contributed by atoms with Crippen LogP contribution < -0.4 is 5.32 Å². The number of hydrogen-bond acceptors (Lipinski definition) is 3. The molecule has 21 heavy (non-hydrogen) atoms. The molecule has 0 spiro atoms. The first kappa shape index (κ1) is 13.6. The molecule has 1 amide bonds. The second-order valence-electron chi connectivity index (χ2n) is 4.85. The highest BCUT2D eigenvalue weighted by Gasteiger charge is 2.11. The van der Waals surface area contributed by atoms with Crippen molar-refractivity contribution in [2.75, 3.05) is 5.32 Å². The molecule has 0 bridgehead atoms. The van der Waals surface area contributed by atoms with E-state index in [-0.39, 0.29) is 12.3 Å². The van der Waals surface area contributed by atoms with Gasteiger partial charge in [-0.1, -0.05) is 23.2 Å². The zero-order valence-corrected chi connectivity index (χ0v) is 12.1. The Hall–Kier alpha value is -2.33. The van der Waals surface area contributed by atoms with Gasteiger partial charge < -0.3 is 9.73 Å². The van der Waals surface area contributed by atoms with Crippen LogP contribution in [0.1, 0.15) is 11.1 Å². The van der Waals surface area contributed by atoms with Crippen molar-refractivity contribution >= 4 is 34.3 Å². The molecular weight excluding hydrogens is 288 g/mol. The van der Waals surface area contributed by atoms with Crippen LogP contribution in [-0.4, -0.2) is 10.9 Å². The molecule has 0 aliphatic heterocycles. The molecule has 3 aromatic rings. The van der Waals surface area contributed by atoms with Crippen molar-refractivity contribution in [1.82, 2.24) is 4.98 Å². The third-order valence-corrected chi connectivity index (χ3v) is 3.38. The summed E-state index contributed by atoms with van der Waals surface area (Å²) in [4.78, 5) is 16.1. The summed E-state index contributed by atoms with van der Waals surface area (Å²) in [6, 6.07) is 9.25. The summed E-state index contributed by atoms with van der Waals surface area (Å²) in [6.07, 6.45) is 3.35. The van der Waals surface area contributed by atoms with Crippen LogP contribution in [-0.2, 0) is 11.2 Å². The molecule has 0 aliphatic rings. The molecule has 2 aromatic heterocycles. The Morgan fingerprint density at radius 2 is 2.19 bits per heavy atom. The summed E-state index contributed by atoms with van der Waals surface area (Å²) in [7, 11) is 0. The second-order valence-corrected chi connectivity index (χ2v) is 5.28. The van der Waals surface area contributed by atoms with Crippen LogP contribution >= 0.6 is 11.6 Å². The van der Waals surface area contributed by atoms with E-state index in [1.807, 2.05) is 25.1 Å². The van der Waals surface area contributed by atoms with Gasteiger partial charge in [0.1, 0.15) is 11.4 Å². The zero-order chi connectivity index (χ0) is 14.8. The van der Waals surface area contributed by atoms with Gasteiger partial charge in [0.05, 0.1) is 17.7 Å². The Balaban J connectivity index is 1.77. The smallest absolute Gasteiger partial charge is 0.230 e. The number of amides is 1. The maximum absolute atomic E-state index is 12.1. The molecule has 4 nitrogen and oxygen atoms in total. The first-order chi connectivity index (χ1) is 10.1. The van der Waals surface area contributed by atoms with Crippen molar-refractivity contribution in [2.45, 2.75) is 13.3 Å². The van der Waals surface area contributed by atoms with E-state index >= 15 is 0 Å². The van der Waals surface area contributed by atoms with Crippen LogP contribution in [0.2, 0.25) is 5.02 Å². The largest absolute Gasteiger partial charge is 0.464 e. The second kappa shape index (κ2) is 5.58. The minimum absolute atomic E-state index is 0.144. The van der Waals surface area contributed by atoms with Crippen molar-refractivity contribution in [2.24, 2.45) is 0 Å². The molecule has 0 radical (unpaired) electrons. The van der Waals surface area contributed by atoms with Gasteiger partial charge in [0.15, 0.2) is 0 Å². The van der Waals surface area contributed by atoms with Gasteiger partial charge in [0.2, 0.25) is 5.91 Å². The number of benzene rings is 1. The predicted molar refractivity (Wildman–Crippen MR) is 82.5 cm³/mol. The van der Waals surface area contributed by atoms with Gasteiger partial charge in [-0.05, 0) is 31.2 Å². The first-order valence-electron chi connectivity index (χ1n) is 6.50. The van der Waals surface area contributed by atoms with E-state index in [0.717, 1.165) is 22.1 Å². The SMILES string of the molecule is Cc1ccc2occ(CC(=O)Nc3ccc(Cl)cn3)c2c1. The standard InChI is InChI=1S/C16H13ClN2O2/c1-10-2-4-14-13(6-10)11(9-21-14)7-16(20)19-15-5-3-12(17)8-18-15/h2-6,8-9H,7H2,1H3,(H,18,19,20). The summed E-state index contributed by atoms with van der Waals surface area (Å²) >= 11 is 5.76. The number of furan rings is 1. The monoisotopic (exact) mass is 300 g/mol. The first-order valence-corrected chi connectivity index (χ1v) is 6.88. The number of aromatic nitrogens is 1. The summed E-state index contributed by atoms with van der Waals surface area (Å²) in [6.45, 7) is 2.01. The molecule has 0 unspecified atom stereocenters. The Morgan fingerprint density at radius 3 is 2.95 bits per heavy atom. The number of nitrogens with one attached hydrogen (secondary N) is 1. The minimum Gasteiger partial charge on any atom is -0.464 e. The normalized spacial score (nSPS) is 10.8. The van der Waals surface area contributed by atoms with Gasteiger partial charge >= 0.3 is 0 Å². The van der Waals surface area contributed by atoms with Crippen LogP contribution in [0.5, 0.6) is 0 Å². The quantitative estimate of drug-likeness (QED) is 0.796. The highest BCUT2D eigenvalue weighted by Crippen LogP contribution is 2.23. The number of aryl methyl sites for hydroxylation is 1. The van der Waals surface area contributed by atoms with E-state index in [0.29, 0.717) is 10.8 Å². The Bertz CT molecular complexity index is 794. The van der Waals surface area contributed by atoms with E-state index in [1.165, 1.54) is 6.20 Å². The molecule has 3 rings (SSSR count). The Kier molecular flexibility index (Phi) is 3.62. The summed E-state index contributed by atoms with van der Waals surface area (Å²) < 4.78 is 5.46. The molecule has 0 saturated heterocycles. The number of carbonyl (C=O) groups excluding carboxylic acids is 1. The molecule has 0 fully saturated rings. The van der Waals surface area contributed by atoms with Crippen molar-refractivity contribution in [3.63, 3.8) is 0 Å². The molecular formula is C16H13ClN2O2. The molecule has 106 valence electrons. The molecule has 0 saturated carbocycles. The fraction of sp³-hybridized carbons (Fsp3) is 0.125. The lowest BCUT2D eigenvalue weighted by Crippen LogP contribution is -2.14. The minimum atomic E-state index is -0.144. The zero-order valence-electron chi connectivity index (χ0n) is 11.4. The fourth-order valence-corrected chi connectivity index (χ4v) is 2.25. The average Bonchev–Trinajstić information content (AvgIpc) is 2.84. The summed E-state index contributed by atoms with van der Waals surface area (Å²) in [5.74, 6) is 0.336. The van der Waals surface area contributed by atoms with E-state index in [9.17, 15) is 4.79 Å². The van der Waals surface area contributed by atoms with Gasteiger partial charge in [0.25, 0.3) is 0 Å². The van der Waals surface area contributed by atoms with Crippen molar-refractivity contribution < 1.29 is 9.21 Å². The molecule has 1 N–H and O–H groups in total. The topological polar surface area (TPSA) is 55.1 Å². The number of carbonyl (C=O) groups is 1. The van der Waals surface area contributed by atoms with Crippen LogP contribution in [0, 0.1) is 6.92 Å². The number of halogens is 1. The lowest BCUT2D eigenvalue weighted by Gasteiger charge is -2.03. The van der Waals surface area contributed by atoms with Crippen molar-refractivity contribution in [3.8, 4) is 0 Å². The predicted octanol–water partition coefficient (Wildman–Crippen LogP) is 3.97. The fourth-order valence-electron chi connectivity index (χ4n) is 2.14. The Labute approximate surface area is 126 Å². The number of hydrogen-bond donors (Lipinski definition) is 1.